The average molecular weight is 637 g/mol. The molecule has 0 spiro atoms. The maximum Gasteiger partial charge on any atom is 0.305 e. The van der Waals surface area contributed by atoms with E-state index in [1.807, 2.05) is 7.05 Å². The molecule has 1 heterocycles. The number of hydrogen-bond acceptors (Lipinski definition) is 6. The lowest BCUT2D eigenvalue weighted by Gasteiger charge is -2.28. The molecule has 1 amide bonds. The third kappa shape index (κ3) is 23.4. The van der Waals surface area contributed by atoms with Crippen LogP contribution < -0.4 is 0 Å². The van der Waals surface area contributed by atoms with E-state index in [-0.39, 0.29) is 37.1 Å². The van der Waals surface area contributed by atoms with Crippen LogP contribution in [0.15, 0.2) is 0 Å². The number of carbonyl (C=O) groups excluding carboxylic acids is 3. The summed E-state index contributed by atoms with van der Waals surface area (Å²) >= 11 is 0. The zero-order valence-electron chi connectivity index (χ0n) is 29.9. The maximum atomic E-state index is 13.3. The maximum absolute atomic E-state index is 13.3. The van der Waals surface area contributed by atoms with Crippen LogP contribution in [-0.4, -0.2) is 73.6 Å². The van der Waals surface area contributed by atoms with Crippen molar-refractivity contribution in [3.05, 3.63) is 0 Å². The molecule has 1 aliphatic heterocycles. The van der Waals surface area contributed by atoms with Crippen molar-refractivity contribution in [1.82, 2.24) is 9.80 Å². The zero-order chi connectivity index (χ0) is 32.8. The van der Waals surface area contributed by atoms with Gasteiger partial charge in [0.2, 0.25) is 5.91 Å². The van der Waals surface area contributed by atoms with Crippen molar-refractivity contribution in [3.8, 4) is 0 Å². The van der Waals surface area contributed by atoms with E-state index in [4.69, 9.17) is 9.47 Å². The molecule has 1 saturated heterocycles. The molecule has 0 saturated carbocycles. The number of amides is 1. The van der Waals surface area contributed by atoms with Gasteiger partial charge in [-0.2, -0.15) is 0 Å². The molecule has 7 nitrogen and oxygen atoms in total. The molecule has 264 valence electrons. The number of carbonyl (C=O) groups is 3. The van der Waals surface area contributed by atoms with Crippen LogP contribution in [0.3, 0.4) is 0 Å². The molecule has 0 aromatic rings. The van der Waals surface area contributed by atoms with Gasteiger partial charge < -0.3 is 14.4 Å². The Bertz CT molecular complexity index is 687. The summed E-state index contributed by atoms with van der Waals surface area (Å²) in [6.45, 7) is 6.46. The minimum atomic E-state index is -0.185. The SMILES string of the molecule is CCCCCCCCCCCCCC(=O)OCCN(CCOC(=O)CCCCCCCCCCCCC)C(=O)[C@H]1CCCN1C. The van der Waals surface area contributed by atoms with E-state index in [0.29, 0.717) is 25.9 Å². The van der Waals surface area contributed by atoms with Crippen LogP contribution in [0.2, 0.25) is 0 Å². The molecule has 7 heteroatoms. The number of rotatable bonds is 31. The predicted molar refractivity (Wildman–Crippen MR) is 186 cm³/mol. The van der Waals surface area contributed by atoms with Crippen molar-refractivity contribution in [2.24, 2.45) is 0 Å². The van der Waals surface area contributed by atoms with Crippen molar-refractivity contribution in [3.63, 3.8) is 0 Å². The highest BCUT2D eigenvalue weighted by Gasteiger charge is 2.31. The molecular formula is C38H72N2O5. The molecule has 1 rings (SSSR count). The average Bonchev–Trinajstić information content (AvgIpc) is 3.47. The molecule has 0 radical (unpaired) electrons. The van der Waals surface area contributed by atoms with E-state index in [2.05, 4.69) is 18.7 Å². The van der Waals surface area contributed by atoms with Crippen molar-refractivity contribution in [2.75, 3.05) is 39.9 Å². The van der Waals surface area contributed by atoms with Gasteiger partial charge in [-0.1, -0.05) is 142 Å². The van der Waals surface area contributed by atoms with Gasteiger partial charge in [0.25, 0.3) is 0 Å². The smallest absolute Gasteiger partial charge is 0.305 e. The van der Waals surface area contributed by atoms with Gasteiger partial charge in [0, 0.05) is 12.8 Å². The van der Waals surface area contributed by atoms with E-state index in [1.165, 1.54) is 116 Å². The van der Waals surface area contributed by atoms with E-state index in [9.17, 15) is 14.4 Å². The summed E-state index contributed by atoms with van der Waals surface area (Å²) in [6.07, 6.45) is 30.2. The molecule has 45 heavy (non-hydrogen) atoms. The Morgan fingerprint density at radius 1 is 0.578 bits per heavy atom. The second kappa shape index (κ2) is 29.8. The molecule has 0 aromatic carbocycles. The van der Waals surface area contributed by atoms with Crippen LogP contribution in [0, 0.1) is 0 Å². The van der Waals surface area contributed by atoms with Crippen molar-refractivity contribution in [1.29, 1.82) is 0 Å². The highest BCUT2D eigenvalue weighted by molar-refractivity contribution is 5.82. The number of nitrogens with zero attached hydrogens (tertiary/aromatic N) is 2. The fraction of sp³-hybridized carbons (Fsp3) is 0.921. The third-order valence-corrected chi connectivity index (χ3v) is 9.33. The van der Waals surface area contributed by atoms with Gasteiger partial charge >= 0.3 is 11.9 Å². The summed E-state index contributed by atoms with van der Waals surface area (Å²) < 4.78 is 11.0. The number of likely N-dealkylation sites (N-methyl/N-ethyl adjacent to an activating group) is 1. The first kappa shape index (κ1) is 41.4. The van der Waals surface area contributed by atoms with E-state index >= 15 is 0 Å². The Hall–Kier alpha value is -1.63. The van der Waals surface area contributed by atoms with Crippen LogP contribution in [0.4, 0.5) is 0 Å². The lowest BCUT2D eigenvalue weighted by molar-refractivity contribution is -0.149. The van der Waals surface area contributed by atoms with E-state index in [1.54, 1.807) is 4.90 Å². The summed E-state index contributed by atoms with van der Waals surface area (Å²) in [5, 5.41) is 0. The number of unbranched alkanes of at least 4 members (excludes halogenated alkanes) is 20. The van der Waals surface area contributed by atoms with Gasteiger partial charge in [0.15, 0.2) is 0 Å². The fourth-order valence-corrected chi connectivity index (χ4v) is 6.32. The van der Waals surface area contributed by atoms with Gasteiger partial charge in [0.05, 0.1) is 19.1 Å². The summed E-state index contributed by atoms with van der Waals surface area (Å²) in [6, 6.07) is -0.149. The molecule has 0 aliphatic carbocycles. The third-order valence-electron chi connectivity index (χ3n) is 9.33. The van der Waals surface area contributed by atoms with Crippen molar-refractivity contribution in [2.45, 2.75) is 187 Å². The molecule has 1 aliphatic rings. The van der Waals surface area contributed by atoms with Crippen LogP contribution in [0.5, 0.6) is 0 Å². The molecule has 1 fully saturated rings. The molecular weight excluding hydrogens is 564 g/mol. The first-order chi connectivity index (χ1) is 22.0. The standard InChI is InChI=1S/C38H72N2O5/c1-4-6-8-10-12-14-16-18-20-22-24-28-36(41)44-33-31-40(38(43)35-27-26-30-39(35)3)32-34-45-37(42)29-25-23-21-19-17-15-13-11-9-7-5-2/h35H,4-34H2,1-3H3/t35-/m1/s1. The topological polar surface area (TPSA) is 76.1 Å². The Balaban J connectivity index is 2.19. The molecule has 0 N–H and O–H groups in total. The van der Waals surface area contributed by atoms with Crippen molar-refractivity contribution < 1.29 is 23.9 Å². The van der Waals surface area contributed by atoms with Crippen LogP contribution in [0.25, 0.3) is 0 Å². The molecule has 1 atom stereocenters. The minimum absolute atomic E-state index is 0.0397. The van der Waals surface area contributed by atoms with Gasteiger partial charge in [-0.15, -0.1) is 0 Å². The summed E-state index contributed by atoms with van der Waals surface area (Å²) in [7, 11) is 1.98. The lowest BCUT2D eigenvalue weighted by Crippen LogP contribution is -2.47. The monoisotopic (exact) mass is 637 g/mol. The van der Waals surface area contributed by atoms with Crippen LogP contribution in [-0.2, 0) is 23.9 Å². The first-order valence-electron chi connectivity index (χ1n) is 19.3. The van der Waals surface area contributed by atoms with Crippen molar-refractivity contribution >= 4 is 17.8 Å². The molecule has 0 unspecified atom stereocenters. The Kier molecular flexibility index (Phi) is 27.4. The summed E-state index contributed by atoms with van der Waals surface area (Å²) in [4.78, 5) is 41.7. The predicted octanol–water partition coefficient (Wildman–Crippen LogP) is 9.40. The highest BCUT2D eigenvalue weighted by atomic mass is 16.5. The Morgan fingerprint density at radius 3 is 1.27 bits per heavy atom. The Morgan fingerprint density at radius 2 is 0.933 bits per heavy atom. The quantitative estimate of drug-likeness (QED) is 0.0557. The number of hydrogen-bond donors (Lipinski definition) is 0. The summed E-state index contributed by atoms with van der Waals surface area (Å²) in [5.41, 5.74) is 0. The van der Waals surface area contributed by atoms with Gasteiger partial charge in [-0.05, 0) is 39.3 Å². The fourth-order valence-electron chi connectivity index (χ4n) is 6.32. The normalized spacial score (nSPS) is 15.0. The van der Waals surface area contributed by atoms with E-state index in [0.717, 1.165) is 45.1 Å². The van der Waals surface area contributed by atoms with E-state index < -0.39 is 0 Å². The first-order valence-corrected chi connectivity index (χ1v) is 19.3. The van der Waals surface area contributed by atoms with Gasteiger partial charge in [0.1, 0.15) is 13.2 Å². The molecule has 0 aromatic heterocycles. The van der Waals surface area contributed by atoms with Crippen LogP contribution in [0.1, 0.15) is 181 Å². The van der Waals surface area contributed by atoms with Crippen LogP contribution >= 0.6 is 0 Å². The lowest BCUT2D eigenvalue weighted by atomic mass is 10.1. The second-order valence-corrected chi connectivity index (χ2v) is 13.5. The zero-order valence-corrected chi connectivity index (χ0v) is 29.9. The highest BCUT2D eigenvalue weighted by Crippen LogP contribution is 2.18. The number of ether oxygens (including phenoxy) is 2. The molecule has 0 bridgehead atoms. The van der Waals surface area contributed by atoms with Gasteiger partial charge in [-0.25, -0.2) is 0 Å². The number of esters is 2. The Labute approximate surface area is 277 Å². The summed E-state index contributed by atoms with van der Waals surface area (Å²) in [5.74, 6) is -0.331. The van der Waals surface area contributed by atoms with Gasteiger partial charge in [-0.3, -0.25) is 19.3 Å². The minimum Gasteiger partial charge on any atom is -0.464 e. The largest absolute Gasteiger partial charge is 0.464 e. The second-order valence-electron chi connectivity index (χ2n) is 13.5. The number of likely N-dealkylation sites (tertiary alicyclic amines) is 1.